The molecule has 0 spiro atoms. The smallest absolute Gasteiger partial charge is 0.0286 e. The Morgan fingerprint density at radius 2 is 2.43 bits per heavy atom. The third-order valence-corrected chi connectivity index (χ3v) is 3.55. The lowest BCUT2D eigenvalue weighted by molar-refractivity contribution is 0.280. The van der Waals surface area contributed by atoms with Gasteiger partial charge in [-0.15, -0.1) is 0 Å². The monoisotopic (exact) mass is 214 g/mol. The van der Waals surface area contributed by atoms with Gasteiger partial charge in [0, 0.05) is 37.2 Å². The molecule has 1 aliphatic heterocycles. The summed E-state index contributed by atoms with van der Waals surface area (Å²) in [7, 11) is 0. The molecular formula is C11H22N2S. The average Bonchev–Trinajstić information content (AvgIpc) is 2.17. The Bertz CT molecular complexity index is 176. The van der Waals surface area contributed by atoms with Gasteiger partial charge in [0.1, 0.15) is 0 Å². The predicted molar refractivity (Wildman–Crippen MR) is 66.0 cm³/mol. The molecular weight excluding hydrogens is 192 g/mol. The van der Waals surface area contributed by atoms with Crippen LogP contribution in [0.3, 0.4) is 0 Å². The number of nitrogens with zero attached hydrogens (tertiary/aromatic N) is 1. The molecule has 1 atom stereocenters. The van der Waals surface area contributed by atoms with E-state index in [9.17, 15) is 0 Å². The van der Waals surface area contributed by atoms with Gasteiger partial charge in [-0.1, -0.05) is 19.1 Å². The van der Waals surface area contributed by atoms with Gasteiger partial charge in [-0.3, -0.25) is 4.90 Å². The lowest BCUT2D eigenvalue weighted by Gasteiger charge is -2.29. The Hall–Kier alpha value is 0.01000. The molecule has 3 heteroatoms. The summed E-state index contributed by atoms with van der Waals surface area (Å²) < 4.78 is 0. The maximum Gasteiger partial charge on any atom is 0.0286 e. The topological polar surface area (TPSA) is 15.3 Å². The van der Waals surface area contributed by atoms with Crippen molar-refractivity contribution in [3.05, 3.63) is 12.2 Å². The maximum absolute atomic E-state index is 3.97. The Balaban J connectivity index is 2.27. The van der Waals surface area contributed by atoms with Gasteiger partial charge in [-0.2, -0.15) is 11.8 Å². The number of likely N-dealkylation sites (N-methyl/N-ethyl adjacent to an activating group) is 1. The molecule has 1 unspecified atom stereocenters. The summed E-state index contributed by atoms with van der Waals surface area (Å²) in [4.78, 5) is 2.46. The van der Waals surface area contributed by atoms with Crippen molar-refractivity contribution in [1.82, 2.24) is 10.2 Å². The van der Waals surface area contributed by atoms with Crippen molar-refractivity contribution in [3.63, 3.8) is 0 Å². The number of hydrogen-bond donors (Lipinski definition) is 1. The molecule has 1 fully saturated rings. The summed E-state index contributed by atoms with van der Waals surface area (Å²) in [6.45, 7) is 12.8. The molecule has 0 aromatic heterocycles. The second-order valence-electron chi connectivity index (χ2n) is 4.01. The molecule has 0 amide bonds. The molecule has 1 saturated heterocycles. The SMILES string of the molecule is C=C(C)CN(CC)CC1CSCCN1. The van der Waals surface area contributed by atoms with Gasteiger partial charge >= 0.3 is 0 Å². The van der Waals surface area contributed by atoms with E-state index in [1.54, 1.807) is 0 Å². The molecule has 1 N–H and O–H groups in total. The zero-order chi connectivity index (χ0) is 10.4. The van der Waals surface area contributed by atoms with Crippen LogP contribution in [0.15, 0.2) is 12.2 Å². The summed E-state index contributed by atoms with van der Waals surface area (Å²) in [5.74, 6) is 2.52. The highest BCUT2D eigenvalue weighted by atomic mass is 32.2. The molecule has 0 radical (unpaired) electrons. The number of hydrogen-bond acceptors (Lipinski definition) is 3. The third kappa shape index (κ3) is 4.49. The summed E-state index contributed by atoms with van der Waals surface area (Å²) in [6.07, 6.45) is 0. The van der Waals surface area contributed by atoms with Crippen molar-refractivity contribution in [2.75, 3.05) is 37.7 Å². The average molecular weight is 214 g/mol. The fraction of sp³-hybridized carbons (Fsp3) is 0.818. The van der Waals surface area contributed by atoms with Crippen LogP contribution in [0.4, 0.5) is 0 Å². The van der Waals surface area contributed by atoms with E-state index in [0.717, 1.165) is 19.6 Å². The molecule has 0 bridgehead atoms. The van der Waals surface area contributed by atoms with Gasteiger partial charge in [0.25, 0.3) is 0 Å². The van der Waals surface area contributed by atoms with E-state index in [-0.39, 0.29) is 0 Å². The normalized spacial score (nSPS) is 22.6. The molecule has 14 heavy (non-hydrogen) atoms. The highest BCUT2D eigenvalue weighted by molar-refractivity contribution is 7.99. The highest BCUT2D eigenvalue weighted by Crippen LogP contribution is 2.09. The molecule has 82 valence electrons. The summed E-state index contributed by atoms with van der Waals surface area (Å²) >= 11 is 2.06. The van der Waals surface area contributed by atoms with E-state index < -0.39 is 0 Å². The number of rotatable bonds is 5. The predicted octanol–water partition coefficient (Wildman–Crippen LogP) is 1.59. The van der Waals surface area contributed by atoms with Crippen LogP contribution in [0.5, 0.6) is 0 Å². The van der Waals surface area contributed by atoms with E-state index in [1.165, 1.54) is 23.6 Å². The second kappa shape index (κ2) is 6.49. The summed E-state index contributed by atoms with van der Waals surface area (Å²) in [5, 5.41) is 3.56. The van der Waals surface area contributed by atoms with Gasteiger partial charge in [0.2, 0.25) is 0 Å². The van der Waals surface area contributed by atoms with E-state index in [4.69, 9.17) is 0 Å². The van der Waals surface area contributed by atoms with Crippen molar-refractivity contribution < 1.29 is 0 Å². The molecule has 0 aromatic rings. The van der Waals surface area contributed by atoms with Crippen LogP contribution in [-0.4, -0.2) is 48.6 Å². The zero-order valence-electron chi connectivity index (χ0n) is 9.38. The standard InChI is InChI=1S/C11H22N2S/c1-4-13(7-10(2)3)8-11-9-14-6-5-12-11/h11-12H,2,4-9H2,1,3H3. The lowest BCUT2D eigenvalue weighted by atomic mass is 10.2. The molecule has 0 aromatic carbocycles. The lowest BCUT2D eigenvalue weighted by Crippen LogP contribution is -2.46. The van der Waals surface area contributed by atoms with Crippen LogP contribution in [0.1, 0.15) is 13.8 Å². The first kappa shape index (κ1) is 12.1. The number of nitrogens with one attached hydrogen (secondary N) is 1. The van der Waals surface area contributed by atoms with Gasteiger partial charge in [-0.25, -0.2) is 0 Å². The molecule has 1 rings (SSSR count). The molecule has 2 nitrogen and oxygen atoms in total. The first-order valence-electron chi connectivity index (χ1n) is 5.40. The van der Waals surface area contributed by atoms with Crippen LogP contribution in [0.25, 0.3) is 0 Å². The van der Waals surface area contributed by atoms with E-state index in [0.29, 0.717) is 6.04 Å². The molecule has 1 heterocycles. The van der Waals surface area contributed by atoms with E-state index in [2.05, 4.69) is 42.4 Å². The highest BCUT2D eigenvalue weighted by Gasteiger charge is 2.15. The number of thioether (sulfide) groups is 1. The minimum absolute atomic E-state index is 0.674. The maximum atomic E-state index is 3.97. The van der Waals surface area contributed by atoms with Crippen LogP contribution >= 0.6 is 11.8 Å². The fourth-order valence-electron chi connectivity index (χ4n) is 1.74. The van der Waals surface area contributed by atoms with Gasteiger partial charge < -0.3 is 5.32 Å². The first-order chi connectivity index (χ1) is 6.72. The van der Waals surface area contributed by atoms with Crippen molar-refractivity contribution >= 4 is 11.8 Å². The summed E-state index contributed by atoms with van der Waals surface area (Å²) in [5.41, 5.74) is 1.26. The molecule has 0 saturated carbocycles. The van der Waals surface area contributed by atoms with Gasteiger partial charge in [0.05, 0.1) is 0 Å². The van der Waals surface area contributed by atoms with Crippen LogP contribution in [0, 0.1) is 0 Å². The summed E-state index contributed by atoms with van der Waals surface area (Å²) in [6, 6.07) is 0.674. The van der Waals surface area contributed by atoms with Crippen molar-refractivity contribution in [1.29, 1.82) is 0 Å². The Kier molecular flexibility index (Phi) is 5.60. The quantitative estimate of drug-likeness (QED) is 0.700. The minimum atomic E-state index is 0.674. The Labute approximate surface area is 92.1 Å². The Morgan fingerprint density at radius 3 is 2.93 bits per heavy atom. The zero-order valence-corrected chi connectivity index (χ0v) is 10.2. The van der Waals surface area contributed by atoms with Crippen molar-refractivity contribution in [2.45, 2.75) is 19.9 Å². The van der Waals surface area contributed by atoms with E-state index in [1.807, 2.05) is 0 Å². The fourth-order valence-corrected chi connectivity index (χ4v) is 2.67. The van der Waals surface area contributed by atoms with Gasteiger partial charge in [-0.05, 0) is 13.5 Å². The second-order valence-corrected chi connectivity index (χ2v) is 5.16. The molecule has 0 aliphatic carbocycles. The van der Waals surface area contributed by atoms with Gasteiger partial charge in [0.15, 0.2) is 0 Å². The first-order valence-corrected chi connectivity index (χ1v) is 6.55. The van der Waals surface area contributed by atoms with Crippen LogP contribution < -0.4 is 5.32 Å². The van der Waals surface area contributed by atoms with Crippen LogP contribution in [-0.2, 0) is 0 Å². The minimum Gasteiger partial charge on any atom is -0.311 e. The Morgan fingerprint density at radius 1 is 1.64 bits per heavy atom. The molecule has 1 aliphatic rings. The van der Waals surface area contributed by atoms with E-state index >= 15 is 0 Å². The third-order valence-electron chi connectivity index (χ3n) is 2.42. The van der Waals surface area contributed by atoms with Crippen LogP contribution in [0.2, 0.25) is 0 Å². The van der Waals surface area contributed by atoms with Crippen molar-refractivity contribution in [3.8, 4) is 0 Å². The largest absolute Gasteiger partial charge is 0.311 e. The van der Waals surface area contributed by atoms with Crippen molar-refractivity contribution in [2.24, 2.45) is 0 Å².